The number of rotatable bonds is 4. The van der Waals surface area contributed by atoms with E-state index in [0.29, 0.717) is 5.56 Å². The van der Waals surface area contributed by atoms with E-state index in [1.807, 2.05) is 0 Å². The van der Waals surface area contributed by atoms with E-state index >= 15 is 0 Å². The van der Waals surface area contributed by atoms with Gasteiger partial charge in [-0.2, -0.15) is 0 Å². The van der Waals surface area contributed by atoms with Gasteiger partial charge in [0.15, 0.2) is 11.6 Å². The van der Waals surface area contributed by atoms with Crippen LogP contribution in [-0.2, 0) is 16.0 Å². The summed E-state index contributed by atoms with van der Waals surface area (Å²) in [7, 11) is 0. The summed E-state index contributed by atoms with van der Waals surface area (Å²) >= 11 is 0. The normalized spacial score (nSPS) is 21.6. The minimum atomic E-state index is -1.16. The maximum atomic E-state index is 13.0. The number of hydrogen-bond donors (Lipinski definition) is 2. The highest BCUT2D eigenvalue weighted by Gasteiger charge is 2.38. The number of carbonyl (C=O) groups excluding carboxylic acids is 1. The summed E-state index contributed by atoms with van der Waals surface area (Å²) in [4.78, 5) is 24.2. The maximum Gasteiger partial charge on any atom is 0.326 e. The average Bonchev–Trinajstić information content (AvgIpc) is 2.82. The Kier molecular flexibility index (Phi) is 4.52. The molecule has 2 rings (SSSR count). The van der Waals surface area contributed by atoms with Gasteiger partial charge in [-0.15, -0.1) is 0 Å². The molecule has 5 nitrogen and oxygen atoms in total. The molecule has 0 aromatic heterocycles. The summed E-state index contributed by atoms with van der Waals surface area (Å²) in [6.07, 6.45) is -0.693. The fraction of sp³-hybridized carbons (Fsp3) is 0.429. The van der Waals surface area contributed by atoms with Gasteiger partial charge in [-0.1, -0.05) is 6.07 Å². The van der Waals surface area contributed by atoms with E-state index in [1.54, 1.807) is 0 Å². The predicted octanol–water partition coefficient (Wildman–Crippen LogP) is 0.944. The van der Waals surface area contributed by atoms with E-state index in [4.69, 9.17) is 5.11 Å². The molecule has 114 valence electrons. The Morgan fingerprint density at radius 1 is 1.29 bits per heavy atom. The lowest BCUT2D eigenvalue weighted by Crippen LogP contribution is -2.40. The highest BCUT2D eigenvalue weighted by molar-refractivity contribution is 5.84. The molecule has 7 heteroatoms. The zero-order valence-corrected chi connectivity index (χ0v) is 11.1. The van der Waals surface area contributed by atoms with E-state index in [-0.39, 0.29) is 25.8 Å². The number of aliphatic hydroxyl groups is 1. The molecule has 0 radical (unpaired) electrons. The first-order valence-corrected chi connectivity index (χ1v) is 6.52. The van der Waals surface area contributed by atoms with Gasteiger partial charge in [0.05, 0.1) is 6.10 Å². The Labute approximate surface area is 119 Å². The van der Waals surface area contributed by atoms with Crippen molar-refractivity contribution < 1.29 is 28.6 Å². The molecule has 0 spiro atoms. The van der Waals surface area contributed by atoms with E-state index in [9.17, 15) is 23.5 Å². The molecule has 2 unspecified atom stereocenters. The third-order valence-electron chi connectivity index (χ3n) is 3.50. The fourth-order valence-electron chi connectivity index (χ4n) is 2.41. The summed E-state index contributed by atoms with van der Waals surface area (Å²) in [5, 5.41) is 18.5. The van der Waals surface area contributed by atoms with E-state index in [0.717, 1.165) is 17.0 Å². The molecular formula is C14H15F2NO4. The van der Waals surface area contributed by atoms with Gasteiger partial charge in [0.2, 0.25) is 5.91 Å². The quantitative estimate of drug-likeness (QED) is 0.867. The first-order chi connectivity index (χ1) is 9.88. The van der Waals surface area contributed by atoms with E-state index in [2.05, 4.69) is 0 Å². The number of benzene rings is 1. The zero-order chi connectivity index (χ0) is 15.6. The Bertz CT molecular complexity index is 564. The van der Waals surface area contributed by atoms with Crippen molar-refractivity contribution in [3.8, 4) is 0 Å². The standard InChI is InChI=1S/C14H15F2NO4/c15-10-3-1-8(5-11(10)16)2-4-13(19)17-7-9(18)6-12(17)14(20)21/h1,3,5,9,12,18H,2,4,6-7H2,(H,20,21). The second kappa shape index (κ2) is 6.17. The summed E-state index contributed by atoms with van der Waals surface area (Å²) in [6.45, 7) is -0.0203. The number of carbonyl (C=O) groups is 2. The summed E-state index contributed by atoms with van der Waals surface area (Å²) < 4.78 is 25.8. The van der Waals surface area contributed by atoms with Crippen molar-refractivity contribution in [2.45, 2.75) is 31.4 Å². The third kappa shape index (κ3) is 3.55. The molecule has 0 saturated carbocycles. The summed E-state index contributed by atoms with van der Waals surface area (Å²) in [6, 6.07) is 2.34. The largest absolute Gasteiger partial charge is 0.480 e. The molecule has 21 heavy (non-hydrogen) atoms. The molecule has 2 atom stereocenters. The van der Waals surface area contributed by atoms with Gasteiger partial charge in [0.25, 0.3) is 0 Å². The van der Waals surface area contributed by atoms with Crippen LogP contribution in [0.25, 0.3) is 0 Å². The van der Waals surface area contributed by atoms with Gasteiger partial charge in [0, 0.05) is 19.4 Å². The van der Waals surface area contributed by atoms with Crippen molar-refractivity contribution in [3.63, 3.8) is 0 Å². The van der Waals surface area contributed by atoms with E-state index in [1.165, 1.54) is 6.07 Å². The molecule has 1 aliphatic heterocycles. The molecule has 2 N–H and O–H groups in total. The van der Waals surface area contributed by atoms with Gasteiger partial charge in [-0.25, -0.2) is 13.6 Å². The van der Waals surface area contributed by atoms with Crippen LogP contribution in [0.5, 0.6) is 0 Å². The SMILES string of the molecule is O=C(O)C1CC(O)CN1C(=O)CCc1ccc(F)c(F)c1. The average molecular weight is 299 g/mol. The second-order valence-corrected chi connectivity index (χ2v) is 5.04. The van der Waals surface area contributed by atoms with Gasteiger partial charge < -0.3 is 15.1 Å². The van der Waals surface area contributed by atoms with E-state index < -0.39 is 35.7 Å². The second-order valence-electron chi connectivity index (χ2n) is 5.04. The van der Waals surface area contributed by atoms with Gasteiger partial charge >= 0.3 is 5.97 Å². The molecule has 0 bridgehead atoms. The summed E-state index contributed by atoms with van der Waals surface area (Å²) in [5.74, 6) is -3.53. The number of amides is 1. The number of aliphatic carboxylic acids is 1. The van der Waals surface area contributed by atoms with Crippen molar-refractivity contribution in [2.75, 3.05) is 6.54 Å². The highest BCUT2D eigenvalue weighted by atomic mass is 19.2. The number of aryl methyl sites for hydroxylation is 1. The fourth-order valence-corrected chi connectivity index (χ4v) is 2.41. The molecule has 1 saturated heterocycles. The van der Waals surface area contributed by atoms with Crippen LogP contribution >= 0.6 is 0 Å². The molecule has 1 fully saturated rings. The van der Waals surface area contributed by atoms with Crippen molar-refractivity contribution in [3.05, 3.63) is 35.4 Å². The lowest BCUT2D eigenvalue weighted by Gasteiger charge is -2.21. The lowest BCUT2D eigenvalue weighted by molar-refractivity contribution is -0.148. The molecule has 1 amide bonds. The van der Waals surface area contributed by atoms with Crippen LogP contribution in [0, 0.1) is 11.6 Å². The van der Waals surface area contributed by atoms with Crippen LogP contribution in [0.15, 0.2) is 18.2 Å². The van der Waals surface area contributed by atoms with Crippen molar-refractivity contribution >= 4 is 11.9 Å². The molecule has 1 aromatic carbocycles. The predicted molar refractivity (Wildman–Crippen MR) is 68.4 cm³/mol. The monoisotopic (exact) mass is 299 g/mol. The Hall–Kier alpha value is -2.02. The van der Waals surface area contributed by atoms with Crippen LogP contribution in [0.1, 0.15) is 18.4 Å². The molecular weight excluding hydrogens is 284 g/mol. The van der Waals surface area contributed by atoms with Crippen molar-refractivity contribution in [1.82, 2.24) is 4.90 Å². The summed E-state index contributed by atoms with van der Waals surface area (Å²) in [5.41, 5.74) is 0.453. The number of carboxylic acids is 1. The van der Waals surface area contributed by atoms with Crippen LogP contribution in [0.3, 0.4) is 0 Å². The Morgan fingerprint density at radius 3 is 2.62 bits per heavy atom. The van der Waals surface area contributed by atoms with Crippen molar-refractivity contribution in [2.24, 2.45) is 0 Å². The van der Waals surface area contributed by atoms with Crippen molar-refractivity contribution in [1.29, 1.82) is 0 Å². The van der Waals surface area contributed by atoms with Crippen LogP contribution in [-0.4, -0.2) is 45.7 Å². The first-order valence-electron chi connectivity index (χ1n) is 6.52. The number of carboxylic acid groups (broad SMARTS) is 1. The first kappa shape index (κ1) is 15.4. The number of halogens is 2. The van der Waals surface area contributed by atoms with Gasteiger partial charge in [-0.05, 0) is 24.1 Å². The highest BCUT2D eigenvalue weighted by Crippen LogP contribution is 2.20. The molecule has 1 aliphatic rings. The number of aliphatic hydroxyl groups excluding tert-OH is 1. The minimum Gasteiger partial charge on any atom is -0.480 e. The maximum absolute atomic E-state index is 13.0. The lowest BCUT2D eigenvalue weighted by atomic mass is 10.1. The molecule has 0 aliphatic carbocycles. The van der Waals surface area contributed by atoms with Crippen LogP contribution < -0.4 is 0 Å². The number of β-amino-alcohol motifs (C(OH)–C–C–N with tert-alkyl or cyclic N) is 1. The van der Waals surface area contributed by atoms with Crippen LogP contribution in [0.2, 0.25) is 0 Å². The number of likely N-dealkylation sites (tertiary alicyclic amines) is 1. The molecule has 1 heterocycles. The van der Waals surface area contributed by atoms with Gasteiger partial charge in [0.1, 0.15) is 6.04 Å². The number of hydrogen-bond acceptors (Lipinski definition) is 3. The molecule has 1 aromatic rings. The Balaban J connectivity index is 1.97. The van der Waals surface area contributed by atoms with Gasteiger partial charge in [-0.3, -0.25) is 4.79 Å². The minimum absolute atomic E-state index is 0.00620. The number of nitrogens with zero attached hydrogens (tertiary/aromatic N) is 1. The smallest absolute Gasteiger partial charge is 0.326 e. The van der Waals surface area contributed by atoms with Crippen LogP contribution in [0.4, 0.5) is 8.78 Å². The zero-order valence-electron chi connectivity index (χ0n) is 11.1. The topological polar surface area (TPSA) is 77.8 Å². The third-order valence-corrected chi connectivity index (χ3v) is 3.50. The Morgan fingerprint density at radius 2 is 2.00 bits per heavy atom.